The van der Waals surface area contributed by atoms with Crippen molar-refractivity contribution in [2.24, 2.45) is 0 Å². The minimum absolute atomic E-state index is 0.0242. The molecule has 0 aromatic heterocycles. The molecule has 0 saturated heterocycles. The molecule has 0 radical (unpaired) electrons. The smallest absolute Gasteiger partial charge is 0.220 e. The molecular formula is C18H19Cl2NO2. The van der Waals surface area contributed by atoms with E-state index in [9.17, 15) is 4.79 Å². The van der Waals surface area contributed by atoms with E-state index in [1.807, 2.05) is 37.3 Å². The van der Waals surface area contributed by atoms with Crippen molar-refractivity contribution < 1.29 is 9.53 Å². The molecule has 1 amide bonds. The van der Waals surface area contributed by atoms with E-state index < -0.39 is 0 Å². The Bertz CT molecular complexity index is 674. The number of amides is 1. The molecule has 0 bridgehead atoms. The summed E-state index contributed by atoms with van der Waals surface area (Å²) in [5.74, 6) is 0.808. The summed E-state index contributed by atoms with van der Waals surface area (Å²) in [6.07, 6.45) is 1.07. The minimum atomic E-state index is -0.0242. The molecule has 1 N–H and O–H groups in total. The molecular weight excluding hydrogens is 333 g/mol. The van der Waals surface area contributed by atoms with E-state index >= 15 is 0 Å². The van der Waals surface area contributed by atoms with E-state index in [2.05, 4.69) is 5.32 Å². The maximum Gasteiger partial charge on any atom is 0.220 e. The van der Waals surface area contributed by atoms with Crippen molar-refractivity contribution in [3.05, 3.63) is 63.6 Å². The van der Waals surface area contributed by atoms with Gasteiger partial charge in [0.05, 0.1) is 6.61 Å². The molecule has 23 heavy (non-hydrogen) atoms. The average Bonchev–Trinajstić information content (AvgIpc) is 2.51. The molecule has 3 nitrogen and oxygen atoms in total. The predicted octanol–water partition coefficient (Wildman–Crippen LogP) is 4.78. The summed E-state index contributed by atoms with van der Waals surface area (Å²) >= 11 is 11.9. The van der Waals surface area contributed by atoms with Crippen LogP contribution < -0.4 is 10.1 Å². The summed E-state index contributed by atoms with van der Waals surface area (Å²) < 4.78 is 5.62. The Labute approximate surface area is 146 Å². The first-order chi connectivity index (χ1) is 11.0. The van der Waals surface area contributed by atoms with Gasteiger partial charge in [0.25, 0.3) is 0 Å². The second kappa shape index (κ2) is 8.80. The number of hydrogen-bond acceptors (Lipinski definition) is 2. The molecule has 0 atom stereocenters. The summed E-state index contributed by atoms with van der Waals surface area (Å²) in [6, 6.07) is 13.1. The van der Waals surface area contributed by atoms with Gasteiger partial charge < -0.3 is 10.1 Å². The maximum atomic E-state index is 11.8. The zero-order chi connectivity index (χ0) is 16.7. The third-order valence-electron chi connectivity index (χ3n) is 3.30. The van der Waals surface area contributed by atoms with Gasteiger partial charge >= 0.3 is 0 Å². The predicted molar refractivity (Wildman–Crippen MR) is 94.2 cm³/mol. The number of benzene rings is 2. The summed E-state index contributed by atoms with van der Waals surface area (Å²) in [7, 11) is 0. The third kappa shape index (κ3) is 6.12. The Balaban J connectivity index is 1.67. The van der Waals surface area contributed by atoms with E-state index in [-0.39, 0.29) is 5.91 Å². The van der Waals surface area contributed by atoms with Crippen molar-refractivity contribution in [3.8, 4) is 5.75 Å². The molecule has 0 saturated carbocycles. The molecule has 2 rings (SSSR count). The highest BCUT2D eigenvalue weighted by Crippen LogP contribution is 2.20. The van der Waals surface area contributed by atoms with Crippen LogP contribution in [0.1, 0.15) is 24.0 Å². The molecule has 0 unspecified atom stereocenters. The van der Waals surface area contributed by atoms with E-state index in [1.54, 1.807) is 12.1 Å². The van der Waals surface area contributed by atoms with Crippen LogP contribution in [0.25, 0.3) is 0 Å². The van der Waals surface area contributed by atoms with Gasteiger partial charge in [-0.1, -0.05) is 41.4 Å². The SMILES string of the molecule is Cc1cccc(OCCCC(=O)NCc2ccc(Cl)cc2Cl)c1. The highest BCUT2D eigenvalue weighted by Gasteiger charge is 2.05. The minimum Gasteiger partial charge on any atom is -0.494 e. The Morgan fingerprint density at radius 2 is 2.00 bits per heavy atom. The Morgan fingerprint density at radius 3 is 2.74 bits per heavy atom. The van der Waals surface area contributed by atoms with Crippen molar-refractivity contribution in [3.63, 3.8) is 0 Å². The number of rotatable bonds is 7. The molecule has 0 aliphatic rings. The number of carbonyl (C=O) groups is 1. The molecule has 0 spiro atoms. The first kappa shape index (κ1) is 17.6. The standard InChI is InChI=1S/C18H19Cl2NO2/c1-13-4-2-5-16(10-13)23-9-3-6-18(22)21-12-14-7-8-15(19)11-17(14)20/h2,4-5,7-8,10-11H,3,6,9,12H2,1H3,(H,21,22). The van der Waals surface area contributed by atoms with E-state index in [4.69, 9.17) is 27.9 Å². The van der Waals surface area contributed by atoms with E-state index in [0.717, 1.165) is 16.9 Å². The number of aryl methyl sites for hydroxylation is 1. The largest absolute Gasteiger partial charge is 0.494 e. The Morgan fingerprint density at radius 1 is 1.17 bits per heavy atom. The van der Waals surface area contributed by atoms with Crippen LogP contribution in [0.4, 0.5) is 0 Å². The number of hydrogen-bond donors (Lipinski definition) is 1. The molecule has 0 fully saturated rings. The van der Waals surface area contributed by atoms with Crippen LogP contribution in [0.2, 0.25) is 10.0 Å². The van der Waals surface area contributed by atoms with Gasteiger partial charge in [0.2, 0.25) is 5.91 Å². The van der Waals surface area contributed by atoms with Gasteiger partial charge in [0.15, 0.2) is 0 Å². The Hall–Kier alpha value is -1.71. The van der Waals surface area contributed by atoms with E-state index in [1.165, 1.54) is 0 Å². The second-order valence-electron chi connectivity index (χ2n) is 5.28. The van der Waals surface area contributed by atoms with Crippen molar-refractivity contribution in [1.29, 1.82) is 0 Å². The molecule has 2 aromatic carbocycles. The monoisotopic (exact) mass is 351 g/mol. The summed E-state index contributed by atoms with van der Waals surface area (Å²) in [5.41, 5.74) is 2.00. The number of carbonyl (C=O) groups excluding carboxylic acids is 1. The van der Waals surface area contributed by atoms with Gasteiger partial charge in [-0.2, -0.15) is 0 Å². The van der Waals surface area contributed by atoms with Gasteiger partial charge in [0, 0.05) is 23.0 Å². The van der Waals surface area contributed by atoms with Gasteiger partial charge in [-0.05, 0) is 48.7 Å². The van der Waals surface area contributed by atoms with Crippen molar-refractivity contribution >= 4 is 29.1 Å². The number of ether oxygens (including phenoxy) is 1. The summed E-state index contributed by atoms with van der Waals surface area (Å²) in [6.45, 7) is 2.92. The topological polar surface area (TPSA) is 38.3 Å². The van der Waals surface area contributed by atoms with Gasteiger partial charge in [0.1, 0.15) is 5.75 Å². The number of halogens is 2. The van der Waals surface area contributed by atoms with Gasteiger partial charge in [-0.15, -0.1) is 0 Å². The van der Waals surface area contributed by atoms with Crippen molar-refractivity contribution in [2.45, 2.75) is 26.3 Å². The lowest BCUT2D eigenvalue weighted by Crippen LogP contribution is -2.23. The Kier molecular flexibility index (Phi) is 6.75. The van der Waals surface area contributed by atoms with Gasteiger partial charge in [-0.25, -0.2) is 0 Å². The van der Waals surface area contributed by atoms with Crippen LogP contribution in [-0.2, 0) is 11.3 Å². The zero-order valence-corrected chi connectivity index (χ0v) is 14.5. The summed E-state index contributed by atoms with van der Waals surface area (Å²) in [4.78, 5) is 11.8. The van der Waals surface area contributed by atoms with Crippen LogP contribution in [-0.4, -0.2) is 12.5 Å². The second-order valence-corrected chi connectivity index (χ2v) is 6.12. The lowest BCUT2D eigenvalue weighted by molar-refractivity contribution is -0.121. The molecule has 0 aliphatic heterocycles. The van der Waals surface area contributed by atoms with Crippen LogP contribution in [0.5, 0.6) is 5.75 Å². The fourth-order valence-electron chi connectivity index (χ4n) is 2.08. The molecule has 0 heterocycles. The average molecular weight is 352 g/mol. The summed E-state index contributed by atoms with van der Waals surface area (Å²) in [5, 5.41) is 3.98. The zero-order valence-electron chi connectivity index (χ0n) is 12.9. The number of nitrogens with one attached hydrogen (secondary N) is 1. The van der Waals surface area contributed by atoms with Crippen LogP contribution in [0, 0.1) is 6.92 Å². The molecule has 5 heteroatoms. The quantitative estimate of drug-likeness (QED) is 0.729. The first-order valence-electron chi connectivity index (χ1n) is 7.44. The van der Waals surface area contributed by atoms with Crippen molar-refractivity contribution in [2.75, 3.05) is 6.61 Å². The lowest BCUT2D eigenvalue weighted by Gasteiger charge is -2.08. The van der Waals surface area contributed by atoms with Crippen molar-refractivity contribution in [1.82, 2.24) is 5.32 Å². The highest BCUT2D eigenvalue weighted by atomic mass is 35.5. The van der Waals surface area contributed by atoms with Crippen LogP contribution in [0.15, 0.2) is 42.5 Å². The third-order valence-corrected chi connectivity index (χ3v) is 3.88. The fourth-order valence-corrected chi connectivity index (χ4v) is 2.55. The maximum absolute atomic E-state index is 11.8. The molecule has 122 valence electrons. The lowest BCUT2D eigenvalue weighted by atomic mass is 10.2. The fraction of sp³-hybridized carbons (Fsp3) is 0.278. The van der Waals surface area contributed by atoms with Crippen LogP contribution >= 0.6 is 23.2 Å². The normalized spacial score (nSPS) is 10.4. The van der Waals surface area contributed by atoms with E-state index in [0.29, 0.717) is 36.0 Å². The van der Waals surface area contributed by atoms with Gasteiger partial charge in [-0.3, -0.25) is 4.79 Å². The van der Waals surface area contributed by atoms with Crippen LogP contribution in [0.3, 0.4) is 0 Å². The first-order valence-corrected chi connectivity index (χ1v) is 8.20. The molecule has 2 aromatic rings. The highest BCUT2D eigenvalue weighted by molar-refractivity contribution is 6.35. The molecule has 0 aliphatic carbocycles.